The highest BCUT2D eigenvalue weighted by Gasteiger charge is 2.28. The molecule has 1 aliphatic rings. The summed E-state index contributed by atoms with van der Waals surface area (Å²) in [6.45, 7) is 21.5. The molecule has 2 unspecified atom stereocenters. The van der Waals surface area contributed by atoms with Crippen LogP contribution in [0, 0.1) is 41.5 Å². The topological polar surface area (TPSA) is 253 Å². The summed E-state index contributed by atoms with van der Waals surface area (Å²) in [5, 5.41) is 8.86. The van der Waals surface area contributed by atoms with Gasteiger partial charge in [0.25, 0.3) is 17.7 Å². The minimum atomic E-state index is -0.226. The largest absolute Gasteiger partial charge is 0.352 e. The van der Waals surface area contributed by atoms with Crippen molar-refractivity contribution in [1.29, 1.82) is 0 Å². The fourth-order valence-electron chi connectivity index (χ4n) is 11.0. The molecular formula is C73H87N15O5. The van der Waals surface area contributed by atoms with E-state index in [-0.39, 0.29) is 40.9 Å². The molecule has 0 bridgehead atoms. The van der Waals surface area contributed by atoms with E-state index in [9.17, 15) is 24.0 Å². The number of pyridine rings is 9. The predicted octanol–water partition coefficient (Wildman–Crippen LogP) is 9.96. The molecule has 0 spiro atoms. The first-order valence-electron chi connectivity index (χ1n) is 31.9. The summed E-state index contributed by atoms with van der Waals surface area (Å²) < 4.78 is 0. The van der Waals surface area contributed by atoms with E-state index in [0.29, 0.717) is 42.9 Å². The molecule has 484 valence electrons. The molecule has 0 fully saturated rings. The van der Waals surface area contributed by atoms with Crippen molar-refractivity contribution in [3.05, 3.63) is 276 Å². The first kappa shape index (κ1) is 69.1. The second kappa shape index (κ2) is 35.7. The lowest BCUT2D eigenvalue weighted by molar-refractivity contribution is 0.0940. The first-order chi connectivity index (χ1) is 45.1. The third kappa shape index (κ3) is 21.7. The number of nitrogens with zero attached hydrogens (tertiary/aromatic N) is 10. The molecule has 1 aliphatic carbocycles. The number of rotatable bonds is 26. The van der Waals surface area contributed by atoms with Crippen molar-refractivity contribution in [1.82, 2.24) is 75.5 Å². The van der Waals surface area contributed by atoms with Crippen LogP contribution in [0.3, 0.4) is 0 Å². The minimum Gasteiger partial charge on any atom is -0.352 e. The molecule has 0 aromatic carbocycles. The molecule has 20 nitrogen and oxygen atoms in total. The van der Waals surface area contributed by atoms with Gasteiger partial charge in [-0.1, -0.05) is 36.4 Å². The van der Waals surface area contributed by atoms with Crippen LogP contribution >= 0.6 is 0 Å². The van der Waals surface area contributed by atoms with Crippen molar-refractivity contribution < 1.29 is 14.4 Å². The van der Waals surface area contributed by atoms with Gasteiger partial charge in [0.1, 0.15) is 0 Å². The van der Waals surface area contributed by atoms with Gasteiger partial charge in [-0.15, -0.1) is 0 Å². The zero-order valence-electron chi connectivity index (χ0n) is 54.6. The van der Waals surface area contributed by atoms with Gasteiger partial charge in [-0.3, -0.25) is 73.6 Å². The van der Waals surface area contributed by atoms with E-state index in [2.05, 4.69) is 137 Å². The van der Waals surface area contributed by atoms with E-state index < -0.39 is 0 Å². The second-order valence-electron chi connectivity index (χ2n) is 23.5. The smallest absolute Gasteiger partial charge is 0.252 e. The van der Waals surface area contributed by atoms with E-state index in [1.807, 2.05) is 86.4 Å². The number of aromatic nitrogens is 9. The zero-order chi connectivity index (χ0) is 65.9. The van der Waals surface area contributed by atoms with Crippen molar-refractivity contribution in [3.8, 4) is 0 Å². The Morgan fingerprint density at radius 3 is 1.58 bits per heavy atom. The van der Waals surface area contributed by atoms with Crippen molar-refractivity contribution in [2.24, 2.45) is 0 Å². The van der Waals surface area contributed by atoms with Gasteiger partial charge in [0.15, 0.2) is 0 Å². The zero-order valence-corrected chi connectivity index (χ0v) is 54.6. The van der Waals surface area contributed by atoms with Crippen molar-refractivity contribution in [3.63, 3.8) is 0 Å². The molecular weight excluding hydrogens is 1170 g/mol. The molecule has 9 heterocycles. The number of amides is 3. The van der Waals surface area contributed by atoms with Gasteiger partial charge in [0.05, 0.1) is 56.9 Å². The summed E-state index contributed by atoms with van der Waals surface area (Å²) in [4.78, 5) is 103. The Morgan fingerprint density at radius 2 is 1.04 bits per heavy atom. The monoisotopic (exact) mass is 1250 g/mol. The molecule has 0 radical (unpaired) electrons. The quantitative estimate of drug-likeness (QED) is 0.0316. The molecule has 3 amide bonds. The second-order valence-corrected chi connectivity index (χ2v) is 23.5. The van der Waals surface area contributed by atoms with Crippen molar-refractivity contribution in [2.75, 3.05) is 39.3 Å². The summed E-state index contributed by atoms with van der Waals surface area (Å²) in [6.07, 6.45) is 21.3. The van der Waals surface area contributed by atoms with Crippen LogP contribution in [0.25, 0.3) is 0 Å². The highest BCUT2D eigenvalue weighted by Crippen LogP contribution is 2.34. The third-order valence-electron chi connectivity index (χ3n) is 16.4. The lowest BCUT2D eigenvalue weighted by Gasteiger charge is -2.35. The van der Waals surface area contributed by atoms with Crippen LogP contribution in [0.4, 0.5) is 0 Å². The summed E-state index contributed by atoms with van der Waals surface area (Å²) in [5.74, 6) is -0.468. The molecule has 0 saturated carbocycles. The molecule has 5 N–H and O–H groups in total. The molecule has 9 aromatic rings. The van der Waals surface area contributed by atoms with E-state index in [0.717, 1.165) is 123 Å². The van der Waals surface area contributed by atoms with Crippen molar-refractivity contribution in [2.45, 2.75) is 125 Å². The Bertz CT molecular complexity index is 3890. The number of H-pyrrole nitrogens is 2. The Morgan fingerprint density at radius 1 is 0.516 bits per heavy atom. The summed E-state index contributed by atoms with van der Waals surface area (Å²) in [7, 11) is 0. The van der Waals surface area contributed by atoms with Gasteiger partial charge in [0.2, 0.25) is 11.1 Å². The number of hydrogen-bond donors (Lipinski definition) is 5. The predicted molar refractivity (Wildman–Crippen MR) is 362 cm³/mol. The first-order valence-corrected chi connectivity index (χ1v) is 31.9. The average molecular weight is 1250 g/mol. The molecule has 2 atom stereocenters. The van der Waals surface area contributed by atoms with Crippen LogP contribution in [-0.2, 0) is 32.6 Å². The normalized spacial score (nSPS) is 12.8. The van der Waals surface area contributed by atoms with Crippen molar-refractivity contribution >= 4 is 17.7 Å². The Kier molecular flexibility index (Phi) is 26.6. The molecule has 0 saturated heterocycles. The lowest BCUT2D eigenvalue weighted by Crippen LogP contribution is -2.35. The fraction of sp³-hybridized carbons (Fsp3) is 0.342. The number of fused-ring (bicyclic) bond motifs is 1. The van der Waals surface area contributed by atoms with Gasteiger partial charge in [0, 0.05) is 145 Å². The highest BCUT2D eigenvalue weighted by molar-refractivity contribution is 5.94. The molecule has 93 heavy (non-hydrogen) atoms. The Hall–Kier alpha value is -9.76. The maximum absolute atomic E-state index is 12.4. The SMILES string of the molecule is Cc1ccc(C(=O)NCCCN(Cc2ncccc2C)Cc2ncccc2C)cn1.Cc1cccnc1CN(CCCNC(=O)c1ccc(=O)[nH]c1)C(C)c1ccccn1.Cc1cnc(CN(CCCNC(=O)c2ccc(=O)[nH]c2)C2CCCc3cccnc32)c(C)c1. The number of carbonyl (C=O) groups excluding carboxylic acids is 3. The van der Waals surface area contributed by atoms with Gasteiger partial charge in [-0.05, 0) is 181 Å². The summed E-state index contributed by atoms with van der Waals surface area (Å²) in [5.41, 5.74) is 15.6. The average Bonchev–Trinajstić information content (AvgIpc) is 0.942. The third-order valence-corrected chi connectivity index (χ3v) is 16.4. The summed E-state index contributed by atoms with van der Waals surface area (Å²) in [6, 6.07) is 34.2. The highest BCUT2D eigenvalue weighted by atomic mass is 16.2. The van der Waals surface area contributed by atoms with Crippen LogP contribution in [0.1, 0.15) is 155 Å². The molecule has 9 aromatic heterocycles. The van der Waals surface area contributed by atoms with Gasteiger partial charge in [-0.2, -0.15) is 0 Å². The van der Waals surface area contributed by atoms with E-state index >= 15 is 0 Å². The number of hydrogen-bond acceptors (Lipinski definition) is 15. The van der Waals surface area contributed by atoms with Gasteiger partial charge in [-0.25, -0.2) is 0 Å². The number of carbonyl (C=O) groups is 3. The van der Waals surface area contributed by atoms with Gasteiger partial charge < -0.3 is 25.9 Å². The molecule has 20 heteroatoms. The number of aryl methyl sites for hydroxylation is 7. The van der Waals surface area contributed by atoms with Crippen LogP contribution < -0.4 is 27.1 Å². The van der Waals surface area contributed by atoms with E-state index in [1.54, 1.807) is 18.5 Å². The minimum absolute atomic E-state index is 0.0878. The summed E-state index contributed by atoms with van der Waals surface area (Å²) >= 11 is 0. The van der Waals surface area contributed by atoms with E-state index in [4.69, 9.17) is 9.97 Å². The lowest BCUT2D eigenvalue weighted by atomic mass is 9.90. The maximum Gasteiger partial charge on any atom is 0.252 e. The number of nitrogens with one attached hydrogen (secondary N) is 5. The fourth-order valence-corrected chi connectivity index (χ4v) is 11.0. The Balaban J connectivity index is 0.000000180. The van der Waals surface area contributed by atoms with Crippen LogP contribution in [0.2, 0.25) is 0 Å². The van der Waals surface area contributed by atoms with Crippen LogP contribution in [-0.4, -0.2) is 117 Å². The van der Waals surface area contributed by atoms with Crippen LogP contribution in [0.15, 0.2) is 175 Å². The number of aromatic amines is 2. The van der Waals surface area contributed by atoms with Crippen LogP contribution in [0.5, 0.6) is 0 Å². The Labute approximate surface area is 545 Å². The maximum atomic E-state index is 12.4. The molecule has 10 rings (SSSR count). The standard InChI is InChI=1S/C26H31N5O2.C24H29N5O.C23H27N5O2/c1-18-14-19(2)22(29-15-18)17-31(23-8-3-6-20-7-4-11-27-25(20)23)13-5-12-28-26(33)21-9-10-24(32)30-16-21;1-18-7-4-11-25-22(18)16-29(17-23-19(2)8-5-12-26-23)14-6-13-27-24(30)21-10-9-20(3)28-15-21;1-17-7-5-12-25-21(17)16-28(18(2)20-8-3-4-11-24-20)14-6-13-26-23(30)19-9-10-22(29)27-15-19/h4,7,9-11,14-16,23H,3,5-6,8,12-13,17H2,1-2H3,(H,28,33)(H,30,32);4-5,7-12,15H,6,13-14,16-17H2,1-3H3,(H,27,30);3-5,7-12,15,18H,6,13-14,16H2,1-2H3,(H,26,30)(H,27,29). The van der Waals surface area contributed by atoms with Gasteiger partial charge >= 0.3 is 0 Å². The van der Waals surface area contributed by atoms with E-state index in [1.165, 1.54) is 64.6 Å². The molecule has 0 aliphatic heterocycles.